The van der Waals surface area contributed by atoms with E-state index in [0.717, 1.165) is 12.2 Å². The molecule has 1 rings (SSSR count). The SMILES string of the molecule is CCN(CCOC)c1cc(F)cc(CO)c1. The summed E-state index contributed by atoms with van der Waals surface area (Å²) in [6.07, 6.45) is 0. The van der Waals surface area contributed by atoms with Crippen molar-refractivity contribution in [2.45, 2.75) is 13.5 Å². The molecular weight excluding hydrogens is 209 g/mol. The molecule has 0 unspecified atom stereocenters. The number of anilines is 1. The Morgan fingerprint density at radius 1 is 1.38 bits per heavy atom. The third kappa shape index (κ3) is 3.47. The quantitative estimate of drug-likeness (QED) is 0.804. The molecule has 0 fully saturated rings. The van der Waals surface area contributed by atoms with E-state index in [-0.39, 0.29) is 12.4 Å². The van der Waals surface area contributed by atoms with E-state index in [2.05, 4.69) is 0 Å². The van der Waals surface area contributed by atoms with Crippen LogP contribution in [-0.4, -0.2) is 31.9 Å². The number of aliphatic hydroxyl groups is 1. The highest BCUT2D eigenvalue weighted by Crippen LogP contribution is 2.18. The van der Waals surface area contributed by atoms with Crippen LogP contribution in [0.25, 0.3) is 0 Å². The summed E-state index contributed by atoms with van der Waals surface area (Å²) >= 11 is 0. The maximum atomic E-state index is 13.3. The molecule has 0 saturated heterocycles. The Bertz CT molecular complexity index is 331. The van der Waals surface area contributed by atoms with Crippen LogP contribution in [0.4, 0.5) is 10.1 Å². The Labute approximate surface area is 95.5 Å². The fourth-order valence-corrected chi connectivity index (χ4v) is 1.58. The van der Waals surface area contributed by atoms with Crippen molar-refractivity contribution < 1.29 is 14.2 Å². The zero-order valence-electron chi connectivity index (χ0n) is 9.74. The maximum absolute atomic E-state index is 13.3. The van der Waals surface area contributed by atoms with Crippen molar-refractivity contribution in [3.8, 4) is 0 Å². The molecule has 0 aliphatic carbocycles. The van der Waals surface area contributed by atoms with Gasteiger partial charge in [-0.05, 0) is 30.7 Å². The topological polar surface area (TPSA) is 32.7 Å². The predicted molar refractivity (Wildman–Crippen MR) is 62.1 cm³/mol. The molecule has 0 bridgehead atoms. The zero-order valence-corrected chi connectivity index (χ0v) is 9.74. The lowest BCUT2D eigenvalue weighted by Gasteiger charge is -2.23. The molecule has 1 aromatic carbocycles. The summed E-state index contributed by atoms with van der Waals surface area (Å²) in [5.74, 6) is -0.322. The average molecular weight is 227 g/mol. The molecule has 0 saturated carbocycles. The summed E-state index contributed by atoms with van der Waals surface area (Å²) in [5, 5.41) is 9.01. The van der Waals surface area contributed by atoms with Crippen LogP contribution in [0, 0.1) is 5.82 Å². The molecule has 0 atom stereocenters. The number of benzene rings is 1. The number of aliphatic hydroxyl groups excluding tert-OH is 1. The van der Waals surface area contributed by atoms with Crippen LogP contribution in [0.3, 0.4) is 0 Å². The number of ether oxygens (including phenoxy) is 1. The Hall–Kier alpha value is -1.13. The van der Waals surface area contributed by atoms with Crippen LogP contribution in [0.15, 0.2) is 18.2 Å². The molecule has 1 aromatic rings. The number of likely N-dealkylation sites (N-methyl/N-ethyl adjacent to an activating group) is 1. The lowest BCUT2D eigenvalue weighted by molar-refractivity contribution is 0.205. The number of hydrogen-bond donors (Lipinski definition) is 1. The summed E-state index contributed by atoms with van der Waals surface area (Å²) in [6.45, 7) is 3.93. The Morgan fingerprint density at radius 2 is 2.12 bits per heavy atom. The number of rotatable bonds is 6. The fourth-order valence-electron chi connectivity index (χ4n) is 1.58. The van der Waals surface area contributed by atoms with Gasteiger partial charge in [0.1, 0.15) is 5.82 Å². The average Bonchev–Trinajstić information content (AvgIpc) is 2.29. The first-order valence-corrected chi connectivity index (χ1v) is 5.35. The van der Waals surface area contributed by atoms with Crippen LogP contribution in [0.1, 0.15) is 12.5 Å². The fraction of sp³-hybridized carbons (Fsp3) is 0.500. The molecule has 0 aliphatic heterocycles. The van der Waals surface area contributed by atoms with Crippen molar-refractivity contribution in [3.63, 3.8) is 0 Å². The van der Waals surface area contributed by atoms with Crippen LogP contribution in [0.5, 0.6) is 0 Å². The van der Waals surface area contributed by atoms with Crippen molar-refractivity contribution in [2.24, 2.45) is 0 Å². The monoisotopic (exact) mass is 227 g/mol. The third-order valence-corrected chi connectivity index (χ3v) is 2.44. The zero-order chi connectivity index (χ0) is 12.0. The summed E-state index contributed by atoms with van der Waals surface area (Å²) in [4.78, 5) is 2.01. The van der Waals surface area contributed by atoms with E-state index in [1.807, 2.05) is 11.8 Å². The molecule has 0 radical (unpaired) electrons. The van der Waals surface area contributed by atoms with Gasteiger partial charge in [-0.1, -0.05) is 0 Å². The van der Waals surface area contributed by atoms with Gasteiger partial charge in [0.2, 0.25) is 0 Å². The highest BCUT2D eigenvalue weighted by atomic mass is 19.1. The van der Waals surface area contributed by atoms with E-state index in [1.165, 1.54) is 12.1 Å². The van der Waals surface area contributed by atoms with Crippen molar-refractivity contribution in [2.75, 3.05) is 31.7 Å². The van der Waals surface area contributed by atoms with Gasteiger partial charge in [-0.3, -0.25) is 0 Å². The van der Waals surface area contributed by atoms with Crippen LogP contribution in [-0.2, 0) is 11.3 Å². The van der Waals surface area contributed by atoms with Gasteiger partial charge in [0, 0.05) is 25.9 Å². The largest absolute Gasteiger partial charge is 0.392 e. The van der Waals surface area contributed by atoms with Gasteiger partial charge in [-0.15, -0.1) is 0 Å². The van der Waals surface area contributed by atoms with Gasteiger partial charge in [-0.25, -0.2) is 4.39 Å². The molecule has 0 amide bonds. The number of hydrogen-bond acceptors (Lipinski definition) is 3. The van der Waals surface area contributed by atoms with E-state index < -0.39 is 0 Å². The van der Waals surface area contributed by atoms with E-state index in [9.17, 15) is 4.39 Å². The van der Waals surface area contributed by atoms with Gasteiger partial charge in [0.15, 0.2) is 0 Å². The second-order valence-corrected chi connectivity index (χ2v) is 3.55. The summed E-state index contributed by atoms with van der Waals surface area (Å²) in [5.41, 5.74) is 1.37. The lowest BCUT2D eigenvalue weighted by Crippen LogP contribution is -2.27. The van der Waals surface area contributed by atoms with Gasteiger partial charge >= 0.3 is 0 Å². The summed E-state index contributed by atoms with van der Waals surface area (Å²) < 4.78 is 18.3. The Kier molecular flexibility index (Phi) is 5.22. The minimum absolute atomic E-state index is 0.146. The summed E-state index contributed by atoms with van der Waals surface area (Å²) in [6, 6.07) is 4.61. The highest BCUT2D eigenvalue weighted by Gasteiger charge is 2.07. The smallest absolute Gasteiger partial charge is 0.125 e. The summed E-state index contributed by atoms with van der Waals surface area (Å²) in [7, 11) is 1.64. The lowest BCUT2D eigenvalue weighted by atomic mass is 10.2. The molecule has 0 spiro atoms. The van der Waals surface area contributed by atoms with Gasteiger partial charge in [-0.2, -0.15) is 0 Å². The van der Waals surface area contributed by atoms with Gasteiger partial charge < -0.3 is 14.7 Å². The Balaban J connectivity index is 2.86. The number of halogens is 1. The van der Waals surface area contributed by atoms with Crippen LogP contribution in [0.2, 0.25) is 0 Å². The van der Waals surface area contributed by atoms with Crippen LogP contribution >= 0.6 is 0 Å². The first kappa shape index (κ1) is 12.9. The number of methoxy groups -OCH3 is 1. The molecule has 90 valence electrons. The van der Waals surface area contributed by atoms with Gasteiger partial charge in [0.25, 0.3) is 0 Å². The molecule has 3 nitrogen and oxygen atoms in total. The Morgan fingerprint density at radius 3 is 2.69 bits per heavy atom. The molecule has 16 heavy (non-hydrogen) atoms. The normalized spacial score (nSPS) is 10.5. The third-order valence-electron chi connectivity index (χ3n) is 2.44. The van der Waals surface area contributed by atoms with E-state index >= 15 is 0 Å². The van der Waals surface area contributed by atoms with E-state index in [4.69, 9.17) is 9.84 Å². The van der Waals surface area contributed by atoms with Crippen molar-refractivity contribution in [3.05, 3.63) is 29.6 Å². The van der Waals surface area contributed by atoms with Crippen molar-refractivity contribution >= 4 is 5.69 Å². The molecule has 0 heterocycles. The highest BCUT2D eigenvalue weighted by molar-refractivity contribution is 5.48. The van der Waals surface area contributed by atoms with E-state index in [1.54, 1.807) is 13.2 Å². The molecule has 0 aliphatic rings. The van der Waals surface area contributed by atoms with E-state index in [0.29, 0.717) is 18.7 Å². The maximum Gasteiger partial charge on any atom is 0.125 e. The van der Waals surface area contributed by atoms with Crippen molar-refractivity contribution in [1.82, 2.24) is 0 Å². The first-order chi connectivity index (χ1) is 7.71. The number of nitrogens with zero attached hydrogens (tertiary/aromatic N) is 1. The van der Waals surface area contributed by atoms with Gasteiger partial charge in [0.05, 0.1) is 13.2 Å². The second kappa shape index (κ2) is 6.45. The molecule has 1 N–H and O–H groups in total. The first-order valence-electron chi connectivity index (χ1n) is 5.35. The molecule has 4 heteroatoms. The predicted octanol–water partition coefficient (Wildman–Crippen LogP) is 1.79. The standard InChI is InChI=1S/C12H18FNO2/c1-3-14(4-5-16-2)12-7-10(9-15)6-11(13)8-12/h6-8,15H,3-5,9H2,1-2H3. The van der Waals surface area contributed by atoms with Crippen LogP contribution < -0.4 is 4.90 Å². The minimum Gasteiger partial charge on any atom is -0.392 e. The van der Waals surface area contributed by atoms with Crippen molar-refractivity contribution in [1.29, 1.82) is 0 Å². The minimum atomic E-state index is -0.322. The second-order valence-electron chi connectivity index (χ2n) is 3.55. The molecular formula is C12H18FNO2. The molecule has 0 aromatic heterocycles.